The normalized spacial score (nSPS) is 14.5. The molecule has 0 bridgehead atoms. The Morgan fingerprint density at radius 1 is 0.395 bits per heavy atom. The molecule has 0 aliphatic heterocycles. The van der Waals surface area contributed by atoms with Crippen LogP contribution in [0.5, 0.6) is 0 Å². The van der Waals surface area contributed by atoms with E-state index in [1.165, 1.54) is 76.8 Å². The fourth-order valence-corrected chi connectivity index (χ4v) is 7.75. The molecule has 7 aromatic carbocycles. The predicted molar refractivity (Wildman–Crippen MR) is 185 cm³/mol. The molecule has 0 heteroatoms. The minimum absolute atomic E-state index is 0.0269. The highest BCUT2D eigenvalue weighted by Gasteiger charge is 2.45. The van der Waals surface area contributed by atoms with Crippen LogP contribution in [0.15, 0.2) is 121 Å². The van der Waals surface area contributed by atoms with Crippen LogP contribution in [0.3, 0.4) is 0 Å². The number of benzene rings is 7. The molecule has 7 aromatic rings. The van der Waals surface area contributed by atoms with Crippen LogP contribution in [0, 0.1) is 0 Å². The van der Waals surface area contributed by atoms with Crippen LogP contribution in [0.2, 0.25) is 0 Å². The molecule has 0 aromatic heterocycles. The topological polar surface area (TPSA) is 0 Å². The van der Waals surface area contributed by atoms with Crippen LogP contribution < -0.4 is 0 Å². The zero-order chi connectivity index (χ0) is 29.7. The molecule has 210 valence electrons. The van der Waals surface area contributed by atoms with E-state index in [-0.39, 0.29) is 10.8 Å². The zero-order valence-corrected chi connectivity index (χ0v) is 26.0. The van der Waals surface area contributed by atoms with Crippen molar-refractivity contribution in [3.63, 3.8) is 0 Å². The van der Waals surface area contributed by atoms with Crippen molar-refractivity contribution in [2.75, 3.05) is 0 Å². The molecule has 0 nitrogen and oxygen atoms in total. The Balaban J connectivity index is 1.67. The van der Waals surface area contributed by atoms with E-state index >= 15 is 0 Å². The Bertz CT molecular complexity index is 2130. The fraction of sp³-hybridized carbons (Fsp3) is 0.209. The average molecular weight is 555 g/mol. The first-order chi connectivity index (χ1) is 20.6. The lowest BCUT2D eigenvalue weighted by Gasteiger charge is -2.43. The molecule has 1 aliphatic carbocycles. The van der Waals surface area contributed by atoms with Gasteiger partial charge in [0.25, 0.3) is 0 Å². The number of hydrogen-bond acceptors (Lipinski definition) is 0. The van der Waals surface area contributed by atoms with Crippen LogP contribution in [0.1, 0.15) is 74.9 Å². The van der Waals surface area contributed by atoms with Gasteiger partial charge in [-0.2, -0.15) is 0 Å². The first kappa shape index (κ1) is 26.2. The summed E-state index contributed by atoms with van der Waals surface area (Å²) in [5.74, 6) is 0. The Kier molecular flexibility index (Phi) is 5.37. The van der Waals surface area contributed by atoms with Gasteiger partial charge < -0.3 is 0 Å². The summed E-state index contributed by atoms with van der Waals surface area (Å²) in [6.45, 7) is 13.9. The van der Waals surface area contributed by atoms with Gasteiger partial charge >= 0.3 is 0 Å². The summed E-state index contributed by atoms with van der Waals surface area (Å²) >= 11 is 0. The molecule has 0 N–H and O–H groups in total. The largest absolute Gasteiger partial charge is 0.0714 e. The van der Waals surface area contributed by atoms with Crippen molar-refractivity contribution < 1.29 is 0 Å². The van der Waals surface area contributed by atoms with Gasteiger partial charge in [0.2, 0.25) is 0 Å². The maximum atomic E-state index is 2.55. The third-order valence-corrected chi connectivity index (χ3v) is 9.96. The monoisotopic (exact) mass is 554 g/mol. The lowest BCUT2D eigenvalue weighted by molar-refractivity contribution is 0.587. The van der Waals surface area contributed by atoms with Gasteiger partial charge in [-0.3, -0.25) is 0 Å². The number of hydrogen-bond donors (Lipinski definition) is 0. The summed E-state index contributed by atoms with van der Waals surface area (Å²) in [5, 5.41) is 8.15. The Morgan fingerprint density at radius 3 is 1.58 bits per heavy atom. The van der Waals surface area contributed by atoms with Crippen molar-refractivity contribution >= 4 is 32.3 Å². The summed E-state index contributed by atoms with van der Waals surface area (Å²) in [4.78, 5) is 0. The molecule has 0 amide bonds. The summed E-state index contributed by atoms with van der Waals surface area (Å²) in [5.41, 5.74) is 10.4. The number of fused-ring (bicyclic) bond motifs is 2. The Labute approximate surface area is 255 Å². The lowest BCUT2D eigenvalue weighted by Crippen LogP contribution is -2.34. The molecule has 0 spiro atoms. The lowest BCUT2D eigenvalue weighted by atomic mass is 9.58. The summed E-state index contributed by atoms with van der Waals surface area (Å²) < 4.78 is 0. The second-order valence-corrected chi connectivity index (χ2v) is 14.6. The van der Waals surface area contributed by atoms with Crippen molar-refractivity contribution in [1.29, 1.82) is 0 Å². The smallest absolute Gasteiger partial charge is 0.0622 e. The zero-order valence-electron chi connectivity index (χ0n) is 26.0. The molecule has 43 heavy (non-hydrogen) atoms. The molecule has 0 heterocycles. The van der Waals surface area contributed by atoms with Crippen molar-refractivity contribution in [2.45, 2.75) is 57.8 Å². The van der Waals surface area contributed by atoms with E-state index in [0.29, 0.717) is 0 Å². The van der Waals surface area contributed by atoms with E-state index < -0.39 is 5.41 Å². The van der Waals surface area contributed by atoms with Gasteiger partial charge in [0.05, 0.1) is 5.41 Å². The van der Waals surface area contributed by atoms with Crippen LogP contribution in [0.25, 0.3) is 43.4 Å². The molecule has 0 saturated carbocycles. The molecule has 0 radical (unpaired) electrons. The molecule has 0 fully saturated rings. The third-order valence-electron chi connectivity index (χ3n) is 9.96. The van der Waals surface area contributed by atoms with E-state index in [0.717, 1.165) is 0 Å². The van der Waals surface area contributed by atoms with Gasteiger partial charge in [-0.15, -0.1) is 0 Å². The average Bonchev–Trinajstić information content (AvgIpc) is 3.00. The van der Waals surface area contributed by atoms with Gasteiger partial charge in [-0.25, -0.2) is 0 Å². The SMILES string of the molecule is CC(C)(C)c1ccc2c(c1)C(c1ccccc1)(c1ccccc1)c1cc3cc(C(C)(C)C)cc4ccc5ccc-2c1c5c43. The molecule has 0 saturated heterocycles. The van der Waals surface area contributed by atoms with Crippen LogP contribution in [-0.4, -0.2) is 0 Å². The van der Waals surface area contributed by atoms with Gasteiger partial charge in [0.1, 0.15) is 0 Å². The second kappa shape index (κ2) is 8.80. The highest BCUT2D eigenvalue weighted by molar-refractivity contribution is 6.28. The first-order valence-electron chi connectivity index (χ1n) is 15.6. The third kappa shape index (κ3) is 3.62. The number of rotatable bonds is 2. The molecule has 0 unspecified atom stereocenters. The van der Waals surface area contributed by atoms with Gasteiger partial charge in [-0.05, 0) is 93.7 Å². The first-order valence-corrected chi connectivity index (χ1v) is 15.6. The molecule has 0 atom stereocenters. The van der Waals surface area contributed by atoms with Crippen LogP contribution in [-0.2, 0) is 16.2 Å². The van der Waals surface area contributed by atoms with Gasteiger partial charge in [0, 0.05) is 0 Å². The van der Waals surface area contributed by atoms with Crippen molar-refractivity contribution in [2.24, 2.45) is 0 Å². The van der Waals surface area contributed by atoms with Crippen LogP contribution >= 0.6 is 0 Å². The highest BCUT2D eigenvalue weighted by Crippen LogP contribution is 2.58. The standard InChI is InChI=1S/C43H38/c1-41(2,3)32-20-22-34-35-21-19-27-17-18-28-23-33(42(4,5)6)24-29-25-37(40(35)39(27)38(28)29)43(36(34)26-32,30-13-9-7-10-14-30)31-15-11-8-12-16-31/h7-26H,1-6H3. The predicted octanol–water partition coefficient (Wildman–Crippen LogP) is 11.5. The van der Waals surface area contributed by atoms with Crippen molar-refractivity contribution in [1.82, 2.24) is 0 Å². The molecule has 1 aliphatic rings. The minimum atomic E-state index is -0.474. The quantitative estimate of drug-likeness (QED) is 0.186. The van der Waals surface area contributed by atoms with E-state index in [2.05, 4.69) is 163 Å². The molecule has 8 rings (SSSR count). The Morgan fingerprint density at radius 2 is 0.953 bits per heavy atom. The summed E-state index contributed by atoms with van der Waals surface area (Å²) in [7, 11) is 0. The minimum Gasteiger partial charge on any atom is -0.0622 e. The molecular formula is C43H38. The van der Waals surface area contributed by atoms with Gasteiger partial charge in [0.15, 0.2) is 0 Å². The van der Waals surface area contributed by atoms with E-state index in [1.807, 2.05) is 0 Å². The van der Waals surface area contributed by atoms with Crippen molar-refractivity contribution in [3.05, 3.63) is 155 Å². The molecular weight excluding hydrogens is 516 g/mol. The highest BCUT2D eigenvalue weighted by atomic mass is 14.5. The second-order valence-electron chi connectivity index (χ2n) is 14.6. The summed E-state index contributed by atoms with van der Waals surface area (Å²) in [6, 6.07) is 46.6. The van der Waals surface area contributed by atoms with E-state index in [4.69, 9.17) is 0 Å². The Hall–Kier alpha value is -4.42. The van der Waals surface area contributed by atoms with Crippen molar-refractivity contribution in [3.8, 4) is 11.1 Å². The van der Waals surface area contributed by atoms with Gasteiger partial charge in [-0.1, -0.05) is 157 Å². The van der Waals surface area contributed by atoms with Crippen LogP contribution in [0.4, 0.5) is 0 Å². The fourth-order valence-electron chi connectivity index (χ4n) is 7.75. The maximum Gasteiger partial charge on any atom is 0.0714 e. The maximum absolute atomic E-state index is 2.55. The summed E-state index contributed by atoms with van der Waals surface area (Å²) in [6.07, 6.45) is 0. The van der Waals surface area contributed by atoms with E-state index in [1.54, 1.807) is 0 Å². The van der Waals surface area contributed by atoms with E-state index in [9.17, 15) is 0 Å².